The van der Waals surface area contributed by atoms with Crippen LogP contribution in [0.1, 0.15) is 21.9 Å². The highest BCUT2D eigenvalue weighted by molar-refractivity contribution is 5.86. The molecule has 0 radical (unpaired) electrons. The van der Waals surface area contributed by atoms with Gasteiger partial charge in [-0.15, -0.1) is 0 Å². The number of rotatable bonds is 6. The lowest BCUT2D eigenvalue weighted by Crippen LogP contribution is -2.04. The number of methoxy groups -OCH3 is 1. The zero-order chi connectivity index (χ0) is 15.2. The first-order chi connectivity index (χ1) is 10.1. The van der Waals surface area contributed by atoms with E-state index >= 15 is 0 Å². The minimum absolute atomic E-state index is 0.0909. The lowest BCUT2D eigenvalue weighted by Gasteiger charge is -2.08. The summed E-state index contributed by atoms with van der Waals surface area (Å²) in [7, 11) is 1.27. The molecule has 1 aromatic carbocycles. The molecule has 0 fully saturated rings. The molecule has 0 bridgehead atoms. The first-order valence-electron chi connectivity index (χ1n) is 6.19. The largest absolute Gasteiger partial charge is 0.485 e. The summed E-state index contributed by atoms with van der Waals surface area (Å²) in [6, 6.07) is 9.96. The van der Waals surface area contributed by atoms with E-state index in [1.165, 1.54) is 13.2 Å². The fourth-order valence-electron chi connectivity index (χ4n) is 1.77. The van der Waals surface area contributed by atoms with Gasteiger partial charge in [0.05, 0.1) is 13.5 Å². The number of ether oxygens (including phenoxy) is 2. The second-order valence-corrected chi connectivity index (χ2v) is 4.22. The van der Waals surface area contributed by atoms with E-state index in [1.54, 1.807) is 30.3 Å². The molecule has 21 heavy (non-hydrogen) atoms. The summed E-state index contributed by atoms with van der Waals surface area (Å²) in [5, 5.41) is 8.84. The van der Waals surface area contributed by atoms with Gasteiger partial charge in [-0.1, -0.05) is 18.2 Å². The van der Waals surface area contributed by atoms with E-state index in [2.05, 4.69) is 4.74 Å². The Kier molecular flexibility index (Phi) is 4.61. The zero-order valence-corrected chi connectivity index (χ0v) is 11.4. The molecular formula is C15H14O6. The van der Waals surface area contributed by atoms with Crippen LogP contribution in [0.25, 0.3) is 0 Å². The molecule has 1 heterocycles. The molecular weight excluding hydrogens is 276 g/mol. The molecule has 0 atom stereocenters. The number of carbonyl (C=O) groups is 2. The summed E-state index contributed by atoms with van der Waals surface area (Å²) < 4.78 is 15.3. The van der Waals surface area contributed by atoms with Crippen molar-refractivity contribution in [1.82, 2.24) is 0 Å². The van der Waals surface area contributed by atoms with Crippen molar-refractivity contribution < 1.29 is 28.6 Å². The number of hydrogen-bond donors (Lipinski definition) is 1. The Balaban J connectivity index is 2.04. The van der Waals surface area contributed by atoms with E-state index < -0.39 is 11.9 Å². The molecule has 2 rings (SSSR count). The predicted octanol–water partition coefficient (Wildman–Crippen LogP) is 2.27. The fraction of sp³-hybridized carbons (Fsp3) is 0.200. The molecule has 6 heteroatoms. The van der Waals surface area contributed by atoms with E-state index in [0.717, 1.165) is 0 Å². The third kappa shape index (κ3) is 3.85. The third-order valence-electron chi connectivity index (χ3n) is 2.73. The standard InChI is InChI=1S/C15H14O6/c1-19-15(18)13-7-6-11(21-13)9-20-12-5-3-2-4-10(12)8-14(16)17/h2-7H,8-9H2,1H3,(H,16,17). The number of carboxylic acid groups (broad SMARTS) is 1. The van der Waals surface area contributed by atoms with Gasteiger partial charge in [0.2, 0.25) is 5.76 Å². The van der Waals surface area contributed by atoms with Gasteiger partial charge in [-0.25, -0.2) is 4.79 Å². The van der Waals surface area contributed by atoms with E-state index in [0.29, 0.717) is 17.1 Å². The van der Waals surface area contributed by atoms with Crippen LogP contribution in [0.4, 0.5) is 0 Å². The van der Waals surface area contributed by atoms with Crippen LogP contribution in [0.5, 0.6) is 5.75 Å². The number of carbonyl (C=O) groups excluding carboxylic acids is 1. The number of esters is 1. The SMILES string of the molecule is COC(=O)c1ccc(COc2ccccc2CC(=O)O)o1. The van der Waals surface area contributed by atoms with Crippen LogP contribution >= 0.6 is 0 Å². The van der Waals surface area contributed by atoms with Crippen molar-refractivity contribution in [2.24, 2.45) is 0 Å². The van der Waals surface area contributed by atoms with Gasteiger partial charge in [-0.2, -0.15) is 0 Å². The van der Waals surface area contributed by atoms with E-state index in [1.807, 2.05) is 0 Å². The summed E-state index contributed by atoms with van der Waals surface area (Å²) in [5.41, 5.74) is 0.574. The van der Waals surface area contributed by atoms with Gasteiger partial charge in [0.15, 0.2) is 0 Å². The van der Waals surface area contributed by atoms with Gasteiger partial charge in [-0.05, 0) is 18.2 Å². The van der Waals surface area contributed by atoms with Crippen LogP contribution in [0.3, 0.4) is 0 Å². The number of carboxylic acids is 1. The molecule has 0 saturated heterocycles. The molecule has 1 aromatic heterocycles. The minimum atomic E-state index is -0.933. The van der Waals surface area contributed by atoms with Crippen molar-refractivity contribution in [3.63, 3.8) is 0 Å². The molecule has 2 aromatic rings. The summed E-state index contributed by atoms with van der Waals surface area (Å²) in [5.74, 6) is -0.490. The molecule has 0 saturated carbocycles. The van der Waals surface area contributed by atoms with Crippen molar-refractivity contribution in [2.45, 2.75) is 13.0 Å². The van der Waals surface area contributed by atoms with E-state index in [4.69, 9.17) is 14.3 Å². The smallest absolute Gasteiger partial charge is 0.373 e. The van der Waals surface area contributed by atoms with Crippen molar-refractivity contribution in [1.29, 1.82) is 0 Å². The molecule has 0 unspecified atom stereocenters. The average molecular weight is 290 g/mol. The molecule has 0 spiro atoms. The normalized spacial score (nSPS) is 10.1. The fourth-order valence-corrected chi connectivity index (χ4v) is 1.77. The van der Waals surface area contributed by atoms with Gasteiger partial charge < -0.3 is 19.0 Å². The van der Waals surface area contributed by atoms with E-state index in [9.17, 15) is 9.59 Å². The van der Waals surface area contributed by atoms with Crippen molar-refractivity contribution in [3.05, 3.63) is 53.5 Å². The van der Waals surface area contributed by atoms with Crippen LogP contribution < -0.4 is 4.74 Å². The minimum Gasteiger partial charge on any atom is -0.485 e. The highest BCUT2D eigenvalue weighted by Crippen LogP contribution is 2.20. The molecule has 0 aliphatic heterocycles. The third-order valence-corrected chi connectivity index (χ3v) is 2.73. The Morgan fingerprint density at radius 2 is 1.95 bits per heavy atom. The quantitative estimate of drug-likeness (QED) is 0.821. The van der Waals surface area contributed by atoms with Crippen molar-refractivity contribution >= 4 is 11.9 Å². The average Bonchev–Trinajstić information content (AvgIpc) is 2.94. The van der Waals surface area contributed by atoms with Crippen LogP contribution in [0.15, 0.2) is 40.8 Å². The first-order valence-corrected chi connectivity index (χ1v) is 6.19. The highest BCUT2D eigenvalue weighted by atomic mass is 16.5. The number of benzene rings is 1. The summed E-state index contributed by atoms with van der Waals surface area (Å²) in [6.45, 7) is 0.0909. The number of hydrogen-bond acceptors (Lipinski definition) is 5. The number of furan rings is 1. The molecule has 110 valence electrons. The monoisotopic (exact) mass is 290 g/mol. The maximum absolute atomic E-state index is 11.3. The molecule has 0 aliphatic rings. The Bertz CT molecular complexity index is 643. The van der Waals surface area contributed by atoms with Gasteiger partial charge in [-0.3, -0.25) is 4.79 Å². The van der Waals surface area contributed by atoms with Gasteiger partial charge in [0.1, 0.15) is 18.1 Å². The Hall–Kier alpha value is -2.76. The van der Waals surface area contributed by atoms with Crippen molar-refractivity contribution in [3.8, 4) is 5.75 Å². The molecule has 6 nitrogen and oxygen atoms in total. The predicted molar refractivity (Wildman–Crippen MR) is 72.2 cm³/mol. The summed E-state index contributed by atoms with van der Waals surface area (Å²) >= 11 is 0. The lowest BCUT2D eigenvalue weighted by molar-refractivity contribution is -0.136. The Labute approximate surface area is 120 Å². The van der Waals surface area contributed by atoms with E-state index in [-0.39, 0.29) is 18.8 Å². The molecule has 1 N–H and O–H groups in total. The highest BCUT2D eigenvalue weighted by Gasteiger charge is 2.12. The molecule has 0 aliphatic carbocycles. The number of aliphatic carboxylic acids is 1. The zero-order valence-electron chi connectivity index (χ0n) is 11.4. The maximum atomic E-state index is 11.3. The van der Waals surface area contributed by atoms with Gasteiger partial charge in [0, 0.05) is 5.56 Å². The maximum Gasteiger partial charge on any atom is 0.373 e. The topological polar surface area (TPSA) is 86.0 Å². The number of para-hydroxylation sites is 1. The first kappa shape index (κ1) is 14.6. The van der Waals surface area contributed by atoms with Crippen LogP contribution in [0, 0.1) is 0 Å². The van der Waals surface area contributed by atoms with Gasteiger partial charge in [0.25, 0.3) is 0 Å². The van der Waals surface area contributed by atoms with Crippen LogP contribution in [0.2, 0.25) is 0 Å². The van der Waals surface area contributed by atoms with Gasteiger partial charge >= 0.3 is 11.9 Å². The molecule has 0 amide bonds. The van der Waals surface area contributed by atoms with Crippen molar-refractivity contribution in [2.75, 3.05) is 7.11 Å². The van der Waals surface area contributed by atoms with Crippen LogP contribution in [-0.4, -0.2) is 24.2 Å². The Morgan fingerprint density at radius 1 is 1.19 bits per heavy atom. The second-order valence-electron chi connectivity index (χ2n) is 4.22. The van der Waals surface area contributed by atoms with Crippen LogP contribution in [-0.2, 0) is 22.6 Å². The second kappa shape index (κ2) is 6.60. The lowest BCUT2D eigenvalue weighted by atomic mass is 10.1. The summed E-state index contributed by atoms with van der Waals surface area (Å²) in [4.78, 5) is 22.0. The Morgan fingerprint density at radius 3 is 2.67 bits per heavy atom. The summed E-state index contributed by atoms with van der Waals surface area (Å²) in [6.07, 6.45) is -0.123.